The lowest BCUT2D eigenvalue weighted by atomic mass is 10.0. The van der Waals surface area contributed by atoms with Crippen molar-refractivity contribution in [3.63, 3.8) is 0 Å². The van der Waals surface area contributed by atoms with Gasteiger partial charge in [-0.1, -0.05) is 6.92 Å². The van der Waals surface area contributed by atoms with E-state index in [9.17, 15) is 5.11 Å². The summed E-state index contributed by atoms with van der Waals surface area (Å²) in [5.74, 6) is 0.544. The van der Waals surface area contributed by atoms with Gasteiger partial charge in [0.05, 0.1) is 6.10 Å². The molecule has 1 aliphatic carbocycles. The smallest absolute Gasteiger partial charge is 0.0615 e. The first-order valence-electron chi connectivity index (χ1n) is 3.54. The lowest BCUT2D eigenvalue weighted by Crippen LogP contribution is -2.21. The Morgan fingerprint density at radius 1 is 1.44 bits per heavy atom. The summed E-state index contributed by atoms with van der Waals surface area (Å²) in [4.78, 5) is 0. The summed E-state index contributed by atoms with van der Waals surface area (Å²) >= 11 is 0. The first kappa shape index (κ1) is 7.03. The summed E-state index contributed by atoms with van der Waals surface area (Å²) in [6.07, 6.45) is 1.79. The second-order valence-corrected chi connectivity index (χ2v) is 2.99. The minimum Gasteiger partial charge on any atom is -0.396 e. The van der Waals surface area contributed by atoms with Crippen LogP contribution in [0.4, 0.5) is 0 Å². The number of rotatable bonds is 1. The molecule has 1 aliphatic rings. The molecule has 0 amide bonds. The fourth-order valence-corrected chi connectivity index (χ4v) is 1.48. The average Bonchev–Trinajstić information content (AvgIpc) is 2.15. The molecule has 0 aliphatic heterocycles. The van der Waals surface area contributed by atoms with Crippen LogP contribution in [0.3, 0.4) is 0 Å². The van der Waals surface area contributed by atoms with Gasteiger partial charge in [0.1, 0.15) is 0 Å². The predicted octanol–water partition coefficient (Wildman–Crippen LogP) is 0.386. The third kappa shape index (κ3) is 1.25. The number of aliphatic hydroxyl groups is 2. The van der Waals surface area contributed by atoms with Crippen molar-refractivity contribution in [3.05, 3.63) is 0 Å². The Hall–Kier alpha value is -0.0800. The van der Waals surface area contributed by atoms with Gasteiger partial charge in [-0.3, -0.25) is 0 Å². The molecule has 3 atom stereocenters. The van der Waals surface area contributed by atoms with E-state index < -0.39 is 0 Å². The summed E-state index contributed by atoms with van der Waals surface area (Å²) in [6.45, 7) is 2.17. The molecule has 0 aromatic carbocycles. The van der Waals surface area contributed by atoms with Crippen molar-refractivity contribution >= 4 is 0 Å². The monoisotopic (exact) mass is 130 g/mol. The van der Waals surface area contributed by atoms with Crippen LogP contribution in [0, 0.1) is 11.8 Å². The highest BCUT2D eigenvalue weighted by atomic mass is 16.3. The Morgan fingerprint density at radius 3 is 2.33 bits per heavy atom. The summed E-state index contributed by atoms with van der Waals surface area (Å²) in [6, 6.07) is 0. The Labute approximate surface area is 55.5 Å². The standard InChI is InChI=1S/C7H14O2/c1-5-2-3-6(4-8)7(5)9/h5-9H,2-4H2,1H3/t5?,6-,7+/m0/s1. The van der Waals surface area contributed by atoms with Crippen LogP contribution in [-0.4, -0.2) is 22.9 Å². The van der Waals surface area contributed by atoms with E-state index >= 15 is 0 Å². The molecule has 54 valence electrons. The maximum atomic E-state index is 9.30. The summed E-state index contributed by atoms with van der Waals surface area (Å²) in [7, 11) is 0. The highest BCUT2D eigenvalue weighted by Crippen LogP contribution is 2.30. The van der Waals surface area contributed by atoms with E-state index in [0.29, 0.717) is 5.92 Å². The molecule has 9 heavy (non-hydrogen) atoms. The van der Waals surface area contributed by atoms with Gasteiger partial charge in [-0.2, -0.15) is 0 Å². The molecule has 0 radical (unpaired) electrons. The number of aliphatic hydroxyl groups excluding tert-OH is 2. The van der Waals surface area contributed by atoms with E-state index in [1.165, 1.54) is 0 Å². The summed E-state index contributed by atoms with van der Waals surface area (Å²) in [5, 5.41) is 18.0. The molecule has 2 heteroatoms. The van der Waals surface area contributed by atoms with Gasteiger partial charge in [-0.25, -0.2) is 0 Å². The largest absolute Gasteiger partial charge is 0.396 e. The molecule has 0 saturated heterocycles. The topological polar surface area (TPSA) is 40.5 Å². The van der Waals surface area contributed by atoms with Crippen LogP contribution in [0.5, 0.6) is 0 Å². The highest BCUT2D eigenvalue weighted by Gasteiger charge is 2.30. The molecule has 0 bridgehead atoms. The van der Waals surface area contributed by atoms with Crippen molar-refractivity contribution in [2.24, 2.45) is 11.8 Å². The molecule has 0 spiro atoms. The molecule has 2 N–H and O–H groups in total. The lowest BCUT2D eigenvalue weighted by molar-refractivity contribution is 0.0661. The third-order valence-corrected chi connectivity index (χ3v) is 2.29. The van der Waals surface area contributed by atoms with Crippen molar-refractivity contribution in [1.82, 2.24) is 0 Å². The summed E-state index contributed by atoms with van der Waals surface area (Å²) in [5.41, 5.74) is 0. The van der Waals surface area contributed by atoms with E-state index in [1.54, 1.807) is 0 Å². The molecule has 2 nitrogen and oxygen atoms in total. The zero-order valence-electron chi connectivity index (χ0n) is 5.75. The molecule has 1 unspecified atom stereocenters. The zero-order chi connectivity index (χ0) is 6.85. The van der Waals surface area contributed by atoms with E-state index in [2.05, 4.69) is 0 Å². The Balaban J connectivity index is 2.41. The van der Waals surface area contributed by atoms with Crippen molar-refractivity contribution in [1.29, 1.82) is 0 Å². The van der Waals surface area contributed by atoms with Crippen LogP contribution in [0.15, 0.2) is 0 Å². The number of hydrogen-bond acceptors (Lipinski definition) is 2. The van der Waals surface area contributed by atoms with Gasteiger partial charge in [0.25, 0.3) is 0 Å². The normalized spacial score (nSPS) is 43.7. The maximum absolute atomic E-state index is 9.30. The van der Waals surface area contributed by atoms with Crippen LogP contribution in [0.2, 0.25) is 0 Å². The average molecular weight is 130 g/mol. The zero-order valence-corrected chi connectivity index (χ0v) is 5.75. The van der Waals surface area contributed by atoms with Crippen LogP contribution >= 0.6 is 0 Å². The lowest BCUT2D eigenvalue weighted by Gasteiger charge is -2.13. The van der Waals surface area contributed by atoms with Gasteiger partial charge in [0.2, 0.25) is 0 Å². The third-order valence-electron chi connectivity index (χ3n) is 2.29. The Bertz CT molecular complexity index is 92.9. The van der Waals surface area contributed by atoms with Gasteiger partial charge in [-0.05, 0) is 18.8 Å². The molecule has 0 aromatic rings. The van der Waals surface area contributed by atoms with Gasteiger partial charge in [0.15, 0.2) is 0 Å². The van der Waals surface area contributed by atoms with Crippen molar-refractivity contribution in [2.75, 3.05) is 6.61 Å². The van der Waals surface area contributed by atoms with Crippen molar-refractivity contribution in [3.8, 4) is 0 Å². The van der Waals surface area contributed by atoms with E-state index in [0.717, 1.165) is 12.8 Å². The minimum atomic E-state index is -0.255. The predicted molar refractivity (Wildman–Crippen MR) is 35.0 cm³/mol. The van der Waals surface area contributed by atoms with Gasteiger partial charge >= 0.3 is 0 Å². The van der Waals surface area contributed by atoms with E-state index in [4.69, 9.17) is 5.11 Å². The molecule has 1 fully saturated rings. The van der Waals surface area contributed by atoms with Gasteiger partial charge in [-0.15, -0.1) is 0 Å². The molecule has 1 rings (SSSR count). The minimum absolute atomic E-state index is 0.144. The van der Waals surface area contributed by atoms with Crippen molar-refractivity contribution in [2.45, 2.75) is 25.9 Å². The van der Waals surface area contributed by atoms with E-state index in [1.807, 2.05) is 6.92 Å². The second kappa shape index (κ2) is 2.67. The molecule has 0 aromatic heterocycles. The highest BCUT2D eigenvalue weighted by molar-refractivity contribution is 4.81. The molecular weight excluding hydrogens is 116 g/mol. The first-order chi connectivity index (χ1) is 4.25. The van der Waals surface area contributed by atoms with Crippen LogP contribution < -0.4 is 0 Å². The van der Waals surface area contributed by atoms with Crippen LogP contribution in [-0.2, 0) is 0 Å². The summed E-state index contributed by atoms with van der Waals surface area (Å²) < 4.78 is 0. The quantitative estimate of drug-likeness (QED) is 0.539. The molecular formula is C7H14O2. The van der Waals surface area contributed by atoms with Crippen LogP contribution in [0.1, 0.15) is 19.8 Å². The Morgan fingerprint density at radius 2 is 2.11 bits per heavy atom. The van der Waals surface area contributed by atoms with Crippen molar-refractivity contribution < 1.29 is 10.2 Å². The number of hydrogen-bond donors (Lipinski definition) is 2. The SMILES string of the molecule is CC1CC[C@@H](CO)[C@@H]1O. The Kier molecular flexibility index (Phi) is 2.09. The molecule has 0 heterocycles. The van der Waals surface area contributed by atoms with E-state index in [-0.39, 0.29) is 18.6 Å². The van der Waals surface area contributed by atoms with Gasteiger partial charge in [0, 0.05) is 12.5 Å². The fraction of sp³-hybridized carbons (Fsp3) is 1.00. The first-order valence-corrected chi connectivity index (χ1v) is 3.54. The second-order valence-electron chi connectivity index (χ2n) is 2.99. The molecule has 1 saturated carbocycles. The van der Waals surface area contributed by atoms with Crippen LogP contribution in [0.25, 0.3) is 0 Å². The fourth-order valence-electron chi connectivity index (χ4n) is 1.48. The maximum Gasteiger partial charge on any atom is 0.0615 e. The van der Waals surface area contributed by atoms with Gasteiger partial charge < -0.3 is 10.2 Å².